The second-order valence-corrected chi connectivity index (χ2v) is 9.46. The number of benzene rings is 2. The topological polar surface area (TPSA) is 79.7 Å². The lowest BCUT2D eigenvalue weighted by Crippen LogP contribution is -2.29. The quantitative estimate of drug-likeness (QED) is 0.157. The van der Waals surface area contributed by atoms with Gasteiger partial charge in [0.05, 0.1) is 28.3 Å². The van der Waals surface area contributed by atoms with Crippen molar-refractivity contribution < 1.29 is 19.4 Å². The molecule has 36 heavy (non-hydrogen) atoms. The van der Waals surface area contributed by atoms with Gasteiger partial charge in [-0.05, 0) is 66.4 Å². The summed E-state index contributed by atoms with van der Waals surface area (Å²) in [6.45, 7) is 4.68. The standard InChI is InChI=1S/C28H26Cl2N2O4/c1-3-4-12-36-23-10-8-20(13-17(23)2)26(33)24-25(19-7-9-21(29)22(30)14-19)32(28(35)27(24)34)16-18-6-5-11-31-15-18/h5-11,13-15,25,33H,3-4,12,16H2,1-2H3/b26-24+/t25-/m1/s1. The number of ether oxygens (including phenoxy) is 1. The van der Waals surface area contributed by atoms with Crippen LogP contribution in [0.2, 0.25) is 10.0 Å². The van der Waals surface area contributed by atoms with E-state index < -0.39 is 17.7 Å². The SMILES string of the molecule is CCCCOc1ccc(/C(O)=C2\C(=O)C(=O)N(Cc3cccnc3)[C@@H]2c2ccc(Cl)c(Cl)c2)cc1C. The summed E-state index contributed by atoms with van der Waals surface area (Å²) in [4.78, 5) is 32.0. The van der Waals surface area contributed by atoms with Crippen LogP contribution in [0.3, 0.4) is 0 Å². The Kier molecular flexibility index (Phi) is 7.97. The van der Waals surface area contributed by atoms with E-state index in [2.05, 4.69) is 11.9 Å². The molecule has 1 saturated heterocycles. The van der Waals surface area contributed by atoms with E-state index in [9.17, 15) is 14.7 Å². The van der Waals surface area contributed by atoms with Crippen LogP contribution in [-0.2, 0) is 16.1 Å². The molecule has 6 nitrogen and oxygen atoms in total. The number of unbranched alkanes of at least 4 members (excludes halogenated alkanes) is 1. The summed E-state index contributed by atoms with van der Waals surface area (Å²) in [6, 6.07) is 12.8. The lowest BCUT2D eigenvalue weighted by atomic mass is 9.94. The molecule has 0 spiro atoms. The van der Waals surface area contributed by atoms with Gasteiger partial charge in [-0.25, -0.2) is 0 Å². The van der Waals surface area contributed by atoms with E-state index in [0.29, 0.717) is 28.5 Å². The zero-order valence-electron chi connectivity index (χ0n) is 20.0. The third kappa shape index (κ3) is 5.25. The number of halogens is 2. The number of aliphatic hydroxyl groups excluding tert-OH is 1. The Morgan fingerprint density at radius 3 is 2.58 bits per heavy atom. The highest BCUT2D eigenvalue weighted by Gasteiger charge is 2.46. The molecule has 0 bridgehead atoms. The first-order valence-corrected chi connectivity index (χ1v) is 12.4. The van der Waals surface area contributed by atoms with Crippen molar-refractivity contribution in [1.82, 2.24) is 9.88 Å². The highest BCUT2D eigenvalue weighted by molar-refractivity contribution is 6.46. The number of aliphatic hydroxyl groups is 1. The zero-order chi connectivity index (χ0) is 25.8. The summed E-state index contributed by atoms with van der Waals surface area (Å²) in [5, 5.41) is 12.0. The highest BCUT2D eigenvalue weighted by atomic mass is 35.5. The van der Waals surface area contributed by atoms with Crippen molar-refractivity contribution in [3.05, 3.63) is 98.8 Å². The molecule has 0 aliphatic carbocycles. The van der Waals surface area contributed by atoms with Gasteiger partial charge < -0.3 is 14.7 Å². The number of Topliss-reactive ketones (excluding diaryl/α,β-unsaturated/α-hetero) is 1. The van der Waals surface area contributed by atoms with Crippen LogP contribution in [0.15, 0.2) is 66.5 Å². The van der Waals surface area contributed by atoms with Gasteiger partial charge in [-0.2, -0.15) is 0 Å². The van der Waals surface area contributed by atoms with E-state index in [1.807, 2.05) is 13.0 Å². The van der Waals surface area contributed by atoms with E-state index in [1.54, 1.807) is 54.9 Å². The first-order chi connectivity index (χ1) is 17.3. The first-order valence-electron chi connectivity index (χ1n) is 11.7. The Bertz CT molecular complexity index is 1320. The molecule has 8 heteroatoms. The fourth-order valence-corrected chi connectivity index (χ4v) is 4.51. The second kappa shape index (κ2) is 11.1. The number of pyridine rings is 1. The number of carbonyl (C=O) groups excluding carboxylic acids is 2. The Hall–Kier alpha value is -3.35. The smallest absolute Gasteiger partial charge is 0.295 e. The Balaban J connectivity index is 1.80. The minimum absolute atomic E-state index is 0.0127. The van der Waals surface area contributed by atoms with Crippen molar-refractivity contribution in [1.29, 1.82) is 0 Å². The maximum absolute atomic E-state index is 13.3. The largest absolute Gasteiger partial charge is 0.507 e. The number of rotatable bonds is 8. The first kappa shape index (κ1) is 25.7. The van der Waals surface area contributed by atoms with E-state index in [-0.39, 0.29) is 22.9 Å². The molecule has 1 aliphatic heterocycles. The molecule has 3 aromatic rings. The van der Waals surface area contributed by atoms with Crippen LogP contribution >= 0.6 is 23.2 Å². The van der Waals surface area contributed by atoms with Crippen molar-refractivity contribution in [2.75, 3.05) is 6.61 Å². The predicted molar refractivity (Wildman–Crippen MR) is 140 cm³/mol. The zero-order valence-corrected chi connectivity index (χ0v) is 21.5. The minimum Gasteiger partial charge on any atom is -0.507 e. The van der Waals surface area contributed by atoms with Gasteiger partial charge in [-0.15, -0.1) is 0 Å². The van der Waals surface area contributed by atoms with Crippen LogP contribution in [0, 0.1) is 6.92 Å². The molecule has 1 fully saturated rings. The third-order valence-corrected chi connectivity index (χ3v) is 6.82. The van der Waals surface area contributed by atoms with Gasteiger partial charge in [0.15, 0.2) is 0 Å². The molecule has 0 unspecified atom stereocenters. The fourth-order valence-electron chi connectivity index (χ4n) is 4.20. The van der Waals surface area contributed by atoms with Gasteiger partial charge in [0.1, 0.15) is 11.5 Å². The highest BCUT2D eigenvalue weighted by Crippen LogP contribution is 2.42. The average molecular weight is 525 g/mol. The maximum Gasteiger partial charge on any atom is 0.295 e. The Morgan fingerprint density at radius 2 is 1.92 bits per heavy atom. The number of nitrogens with zero attached hydrogens (tertiary/aromatic N) is 2. The van der Waals surface area contributed by atoms with Crippen molar-refractivity contribution in [2.24, 2.45) is 0 Å². The molecule has 0 radical (unpaired) electrons. The summed E-state index contributed by atoms with van der Waals surface area (Å²) >= 11 is 12.4. The summed E-state index contributed by atoms with van der Waals surface area (Å²) in [6.07, 6.45) is 5.22. The number of carbonyl (C=O) groups is 2. The van der Waals surface area contributed by atoms with Gasteiger partial charge in [0.25, 0.3) is 11.7 Å². The van der Waals surface area contributed by atoms with Gasteiger partial charge in [0, 0.05) is 24.5 Å². The lowest BCUT2D eigenvalue weighted by molar-refractivity contribution is -0.140. The molecule has 1 atom stereocenters. The fraction of sp³-hybridized carbons (Fsp3) is 0.250. The predicted octanol–water partition coefficient (Wildman–Crippen LogP) is 6.50. The number of hydrogen-bond acceptors (Lipinski definition) is 5. The van der Waals surface area contributed by atoms with Crippen LogP contribution in [0.5, 0.6) is 5.75 Å². The van der Waals surface area contributed by atoms with Crippen LogP contribution in [0.1, 0.15) is 48.1 Å². The molecule has 1 N–H and O–H groups in total. The van der Waals surface area contributed by atoms with Crippen molar-refractivity contribution in [3.8, 4) is 5.75 Å². The number of hydrogen-bond donors (Lipinski definition) is 1. The third-order valence-electron chi connectivity index (χ3n) is 6.08. The van der Waals surface area contributed by atoms with Gasteiger partial charge in [-0.1, -0.05) is 48.7 Å². The Morgan fingerprint density at radius 1 is 1.11 bits per heavy atom. The molecule has 2 heterocycles. The minimum atomic E-state index is -0.860. The Labute approximate surface area is 220 Å². The molecule has 186 valence electrons. The molecule has 0 saturated carbocycles. The summed E-state index contributed by atoms with van der Waals surface area (Å²) in [7, 11) is 0. The number of aromatic nitrogens is 1. The van der Waals surface area contributed by atoms with Crippen LogP contribution in [0.25, 0.3) is 5.76 Å². The summed E-state index contributed by atoms with van der Waals surface area (Å²) in [5.74, 6) is -1.04. The van der Waals surface area contributed by atoms with E-state index in [1.165, 1.54) is 4.90 Å². The van der Waals surface area contributed by atoms with Crippen molar-refractivity contribution in [2.45, 2.75) is 39.3 Å². The molecular formula is C28H26Cl2N2O4. The van der Waals surface area contributed by atoms with Crippen molar-refractivity contribution in [3.63, 3.8) is 0 Å². The number of amides is 1. The number of aryl methyl sites for hydroxylation is 1. The van der Waals surface area contributed by atoms with Crippen molar-refractivity contribution >= 4 is 40.7 Å². The second-order valence-electron chi connectivity index (χ2n) is 8.64. The van der Waals surface area contributed by atoms with E-state index >= 15 is 0 Å². The summed E-state index contributed by atoms with van der Waals surface area (Å²) in [5.41, 5.74) is 2.52. The lowest BCUT2D eigenvalue weighted by Gasteiger charge is -2.25. The average Bonchev–Trinajstić information content (AvgIpc) is 3.12. The van der Waals surface area contributed by atoms with E-state index in [4.69, 9.17) is 27.9 Å². The number of likely N-dealkylation sites (tertiary alicyclic amines) is 1. The molecule has 1 aliphatic rings. The van der Waals surface area contributed by atoms with Gasteiger partial charge in [-0.3, -0.25) is 14.6 Å². The molecule has 1 aromatic heterocycles. The molecule has 2 aromatic carbocycles. The normalized spacial score (nSPS) is 17.0. The van der Waals surface area contributed by atoms with Crippen LogP contribution in [0.4, 0.5) is 0 Å². The monoisotopic (exact) mass is 524 g/mol. The number of ketones is 1. The molecule has 4 rings (SSSR count). The molecular weight excluding hydrogens is 499 g/mol. The summed E-state index contributed by atoms with van der Waals surface area (Å²) < 4.78 is 5.81. The van der Waals surface area contributed by atoms with E-state index in [0.717, 1.165) is 24.0 Å². The van der Waals surface area contributed by atoms with Crippen LogP contribution < -0.4 is 4.74 Å². The van der Waals surface area contributed by atoms with Gasteiger partial charge >= 0.3 is 0 Å². The van der Waals surface area contributed by atoms with Crippen LogP contribution in [-0.4, -0.2) is 33.3 Å². The van der Waals surface area contributed by atoms with Gasteiger partial charge in [0.2, 0.25) is 0 Å². The maximum atomic E-state index is 13.3. The molecule has 1 amide bonds.